The zero-order valence-corrected chi connectivity index (χ0v) is 13.7. The Morgan fingerprint density at radius 1 is 1.42 bits per heavy atom. The third kappa shape index (κ3) is 2.46. The predicted molar refractivity (Wildman–Crippen MR) is 87.7 cm³/mol. The average molecular weight is 325 g/mol. The fourth-order valence-corrected chi connectivity index (χ4v) is 3.47. The Kier molecular flexibility index (Phi) is 3.55. The normalized spacial score (nSPS) is 18.2. The lowest BCUT2D eigenvalue weighted by molar-refractivity contribution is 0.0707. The summed E-state index contributed by atoms with van der Waals surface area (Å²) in [5.74, 6) is 0.313. The van der Waals surface area contributed by atoms with Gasteiger partial charge >= 0.3 is 0 Å². The minimum absolute atomic E-state index is 0.0148. The number of H-pyrrole nitrogens is 1. The van der Waals surface area contributed by atoms with Crippen LogP contribution >= 0.6 is 0 Å². The van der Waals surface area contributed by atoms with Crippen LogP contribution in [0.25, 0.3) is 11.1 Å². The molecular formula is C17H19N5O2. The third-order valence-corrected chi connectivity index (χ3v) is 4.65. The van der Waals surface area contributed by atoms with Crippen LogP contribution in [0.5, 0.6) is 0 Å². The molecule has 3 aromatic rings. The van der Waals surface area contributed by atoms with Gasteiger partial charge in [-0.15, -0.1) is 0 Å². The molecule has 4 rings (SSSR count). The molecule has 124 valence electrons. The van der Waals surface area contributed by atoms with Crippen molar-refractivity contribution in [1.82, 2.24) is 25.2 Å². The predicted octanol–water partition coefficient (Wildman–Crippen LogP) is 2.58. The first kappa shape index (κ1) is 14.9. The quantitative estimate of drug-likeness (QED) is 0.782. The van der Waals surface area contributed by atoms with Crippen molar-refractivity contribution in [2.45, 2.75) is 32.6 Å². The van der Waals surface area contributed by atoms with Crippen molar-refractivity contribution in [2.75, 3.05) is 13.1 Å². The standard InChI is InChI=1S/C17H19N5O2/c1-10-8-13(15-11(2)21-24-16(15)19-10)17(23)22-7-3-4-12(9-22)14-5-6-18-20-14/h5-6,8,12H,3-4,7,9H2,1-2H3,(H,18,20). The van der Waals surface area contributed by atoms with Gasteiger partial charge in [-0.3, -0.25) is 9.89 Å². The van der Waals surface area contributed by atoms with Gasteiger partial charge in [0.25, 0.3) is 11.6 Å². The summed E-state index contributed by atoms with van der Waals surface area (Å²) < 4.78 is 5.24. The summed E-state index contributed by atoms with van der Waals surface area (Å²) in [4.78, 5) is 19.4. The maximum atomic E-state index is 13.1. The molecular weight excluding hydrogens is 306 g/mol. The molecule has 7 heteroatoms. The van der Waals surface area contributed by atoms with Crippen LogP contribution in [0.4, 0.5) is 0 Å². The van der Waals surface area contributed by atoms with Crippen molar-refractivity contribution in [3.05, 3.63) is 41.0 Å². The lowest BCUT2D eigenvalue weighted by Crippen LogP contribution is -2.39. The van der Waals surface area contributed by atoms with Crippen LogP contribution in [0, 0.1) is 13.8 Å². The molecule has 0 spiro atoms. The van der Waals surface area contributed by atoms with E-state index in [0.717, 1.165) is 30.8 Å². The van der Waals surface area contributed by atoms with E-state index in [0.29, 0.717) is 34.8 Å². The minimum Gasteiger partial charge on any atom is -0.338 e. The van der Waals surface area contributed by atoms with E-state index in [2.05, 4.69) is 20.3 Å². The Hall–Kier alpha value is -2.70. The van der Waals surface area contributed by atoms with Crippen molar-refractivity contribution in [3.63, 3.8) is 0 Å². The second-order valence-electron chi connectivity index (χ2n) is 6.36. The molecule has 3 aromatic heterocycles. The van der Waals surface area contributed by atoms with Crippen molar-refractivity contribution in [1.29, 1.82) is 0 Å². The number of aromatic amines is 1. The van der Waals surface area contributed by atoms with E-state index < -0.39 is 0 Å². The van der Waals surface area contributed by atoms with Gasteiger partial charge in [-0.25, -0.2) is 4.98 Å². The van der Waals surface area contributed by atoms with Crippen molar-refractivity contribution < 1.29 is 9.32 Å². The molecule has 7 nitrogen and oxygen atoms in total. The highest BCUT2D eigenvalue weighted by molar-refractivity contribution is 6.06. The molecule has 1 unspecified atom stereocenters. The molecule has 1 aliphatic rings. The molecule has 0 aliphatic carbocycles. The Morgan fingerprint density at radius 2 is 2.29 bits per heavy atom. The van der Waals surface area contributed by atoms with E-state index in [1.807, 2.05) is 30.9 Å². The number of carbonyl (C=O) groups is 1. The van der Waals surface area contributed by atoms with Gasteiger partial charge in [-0.1, -0.05) is 5.16 Å². The lowest BCUT2D eigenvalue weighted by Gasteiger charge is -2.32. The Labute approximate surface area is 139 Å². The van der Waals surface area contributed by atoms with Gasteiger partial charge in [-0.2, -0.15) is 5.10 Å². The highest BCUT2D eigenvalue weighted by Crippen LogP contribution is 2.28. The number of aromatic nitrogens is 4. The minimum atomic E-state index is 0.0148. The number of carbonyl (C=O) groups excluding carboxylic acids is 1. The summed E-state index contributed by atoms with van der Waals surface area (Å²) in [5.41, 5.74) is 3.59. The number of rotatable bonds is 2. The first-order valence-corrected chi connectivity index (χ1v) is 8.15. The monoisotopic (exact) mass is 325 g/mol. The number of nitrogens with one attached hydrogen (secondary N) is 1. The largest absolute Gasteiger partial charge is 0.338 e. The van der Waals surface area contributed by atoms with Gasteiger partial charge in [-0.05, 0) is 38.8 Å². The topological polar surface area (TPSA) is 87.9 Å². The first-order chi connectivity index (χ1) is 11.6. The highest BCUT2D eigenvalue weighted by Gasteiger charge is 2.28. The number of fused-ring (bicyclic) bond motifs is 1. The van der Waals surface area contributed by atoms with Gasteiger partial charge < -0.3 is 9.42 Å². The number of piperidine rings is 1. The fourth-order valence-electron chi connectivity index (χ4n) is 3.47. The second-order valence-corrected chi connectivity index (χ2v) is 6.36. The number of hydrogen-bond acceptors (Lipinski definition) is 5. The summed E-state index contributed by atoms with van der Waals surface area (Å²) in [6.45, 7) is 5.14. The second kappa shape index (κ2) is 5.74. The number of hydrogen-bond donors (Lipinski definition) is 1. The molecule has 1 aliphatic heterocycles. The van der Waals surface area contributed by atoms with Gasteiger partial charge in [0, 0.05) is 36.6 Å². The summed E-state index contributed by atoms with van der Waals surface area (Å²) in [6.07, 6.45) is 3.79. The number of aryl methyl sites for hydroxylation is 2. The smallest absolute Gasteiger partial charge is 0.258 e. The van der Waals surface area contributed by atoms with E-state index in [9.17, 15) is 4.79 Å². The Morgan fingerprint density at radius 3 is 3.08 bits per heavy atom. The average Bonchev–Trinajstić information content (AvgIpc) is 3.24. The van der Waals surface area contributed by atoms with Crippen LogP contribution in [0.1, 0.15) is 46.2 Å². The van der Waals surface area contributed by atoms with E-state index in [1.165, 1.54) is 0 Å². The molecule has 1 fully saturated rings. The van der Waals surface area contributed by atoms with Crippen LogP contribution in [0.15, 0.2) is 22.9 Å². The molecule has 1 saturated heterocycles. The highest BCUT2D eigenvalue weighted by atomic mass is 16.5. The molecule has 1 amide bonds. The molecule has 0 bridgehead atoms. The van der Waals surface area contributed by atoms with E-state index in [4.69, 9.17) is 4.52 Å². The van der Waals surface area contributed by atoms with Gasteiger partial charge in [0.1, 0.15) is 0 Å². The van der Waals surface area contributed by atoms with Crippen LogP contribution in [-0.4, -0.2) is 44.2 Å². The number of amides is 1. The van der Waals surface area contributed by atoms with Gasteiger partial charge in [0.15, 0.2) is 0 Å². The van der Waals surface area contributed by atoms with Crippen LogP contribution in [0.3, 0.4) is 0 Å². The molecule has 0 aromatic carbocycles. The maximum absolute atomic E-state index is 13.1. The number of likely N-dealkylation sites (tertiary alicyclic amines) is 1. The third-order valence-electron chi connectivity index (χ3n) is 4.65. The number of nitrogens with zero attached hydrogens (tertiary/aromatic N) is 4. The van der Waals surface area contributed by atoms with E-state index in [1.54, 1.807) is 6.20 Å². The zero-order valence-electron chi connectivity index (χ0n) is 13.7. The maximum Gasteiger partial charge on any atom is 0.258 e. The molecule has 1 N–H and O–H groups in total. The molecule has 0 saturated carbocycles. The molecule has 1 atom stereocenters. The van der Waals surface area contributed by atoms with E-state index >= 15 is 0 Å². The van der Waals surface area contributed by atoms with Crippen LogP contribution < -0.4 is 0 Å². The van der Waals surface area contributed by atoms with Crippen molar-refractivity contribution in [2.24, 2.45) is 0 Å². The van der Waals surface area contributed by atoms with E-state index in [-0.39, 0.29) is 5.91 Å². The van der Waals surface area contributed by atoms with Crippen molar-refractivity contribution in [3.8, 4) is 0 Å². The van der Waals surface area contributed by atoms with Gasteiger partial charge in [0.2, 0.25) is 0 Å². The summed E-state index contributed by atoms with van der Waals surface area (Å²) in [7, 11) is 0. The SMILES string of the molecule is Cc1cc(C(=O)N2CCCC(c3ccn[nH]3)C2)c2c(C)noc2n1. The first-order valence-electron chi connectivity index (χ1n) is 8.15. The summed E-state index contributed by atoms with van der Waals surface area (Å²) in [5, 5.41) is 11.7. The van der Waals surface area contributed by atoms with Crippen LogP contribution in [-0.2, 0) is 0 Å². The van der Waals surface area contributed by atoms with Gasteiger partial charge in [0.05, 0.1) is 16.6 Å². The summed E-state index contributed by atoms with van der Waals surface area (Å²) >= 11 is 0. The van der Waals surface area contributed by atoms with Crippen LogP contribution in [0.2, 0.25) is 0 Å². The Balaban J connectivity index is 1.67. The van der Waals surface area contributed by atoms with Crippen molar-refractivity contribution >= 4 is 17.0 Å². The molecule has 0 radical (unpaired) electrons. The fraction of sp³-hybridized carbons (Fsp3) is 0.412. The lowest BCUT2D eigenvalue weighted by atomic mass is 9.94. The molecule has 4 heterocycles. The summed E-state index contributed by atoms with van der Waals surface area (Å²) in [6, 6.07) is 3.81. The Bertz CT molecular complexity index is 884. The molecule has 24 heavy (non-hydrogen) atoms. The number of pyridine rings is 1. The zero-order chi connectivity index (χ0) is 16.7.